The first-order chi connectivity index (χ1) is 15.6. The second-order valence-electron chi connectivity index (χ2n) is 8.14. The van der Waals surface area contributed by atoms with E-state index in [2.05, 4.69) is 16.3 Å². The van der Waals surface area contributed by atoms with E-state index in [-0.39, 0.29) is 5.78 Å². The number of nitrogens with two attached hydrogens (primary N) is 1. The van der Waals surface area contributed by atoms with Gasteiger partial charge in [-0.2, -0.15) is 10.4 Å². The van der Waals surface area contributed by atoms with E-state index in [9.17, 15) is 10.1 Å². The van der Waals surface area contributed by atoms with Gasteiger partial charge in [0, 0.05) is 28.9 Å². The molecule has 1 unspecified atom stereocenters. The van der Waals surface area contributed by atoms with Gasteiger partial charge in [0.05, 0.1) is 17.6 Å². The number of aromatic amines is 1. The summed E-state index contributed by atoms with van der Waals surface area (Å²) in [6.07, 6.45) is 1.92. The topological polar surface area (TPSA) is 98.8 Å². The lowest BCUT2D eigenvalue weighted by molar-refractivity contribution is -0.116. The third-order valence-corrected chi connectivity index (χ3v) is 6.25. The molecule has 2 aliphatic rings. The average Bonchev–Trinajstić information content (AvgIpc) is 3.20. The van der Waals surface area contributed by atoms with Crippen molar-refractivity contribution in [3.63, 3.8) is 0 Å². The lowest BCUT2D eigenvalue weighted by Crippen LogP contribution is -2.39. The number of Topliss-reactive ketones (excluding diaryl/α,β-unsaturated/α-hetero) is 1. The molecule has 0 saturated heterocycles. The van der Waals surface area contributed by atoms with Crippen LogP contribution in [0.4, 0.5) is 5.82 Å². The van der Waals surface area contributed by atoms with Crippen LogP contribution in [0.15, 0.2) is 83.3 Å². The van der Waals surface area contributed by atoms with Gasteiger partial charge in [-0.25, -0.2) is 0 Å². The second kappa shape index (κ2) is 7.86. The minimum absolute atomic E-state index is 0.0684. The number of carbonyl (C=O) groups excluding carboxylic acids is 1. The molecular weight excluding hydrogens is 398 g/mol. The molecule has 2 aromatic carbocycles. The number of nitriles is 1. The highest BCUT2D eigenvalue weighted by atomic mass is 16.1. The van der Waals surface area contributed by atoms with Crippen LogP contribution in [0, 0.1) is 18.3 Å². The summed E-state index contributed by atoms with van der Waals surface area (Å²) >= 11 is 0. The standard InChI is InChI=1S/C26H23N5O/c1-16-22(17-9-4-2-5-10-17)26(30-29-16)31-20-13-8-14-21(32)24(20)23(19(15-27)25(31)28)18-11-6-3-7-12-18/h2-7,9-12,23H,8,13-14,28H2,1H3,(H,29,30). The summed E-state index contributed by atoms with van der Waals surface area (Å²) in [6, 6.07) is 21.9. The number of aromatic nitrogens is 2. The molecule has 0 spiro atoms. The molecule has 3 N–H and O–H groups in total. The van der Waals surface area contributed by atoms with Crippen LogP contribution in [0.5, 0.6) is 0 Å². The zero-order chi connectivity index (χ0) is 22.2. The molecule has 32 heavy (non-hydrogen) atoms. The minimum atomic E-state index is -0.458. The van der Waals surface area contributed by atoms with Gasteiger partial charge in [0.15, 0.2) is 11.6 Å². The highest BCUT2D eigenvalue weighted by Crippen LogP contribution is 2.47. The number of aryl methyl sites for hydroxylation is 1. The first kappa shape index (κ1) is 19.8. The van der Waals surface area contributed by atoms with Gasteiger partial charge in [-0.1, -0.05) is 60.7 Å². The van der Waals surface area contributed by atoms with Crippen molar-refractivity contribution in [1.82, 2.24) is 10.2 Å². The SMILES string of the molecule is Cc1[nH]nc(N2C(N)=C(C#N)C(c3ccccc3)C3=C2CCCC3=O)c1-c1ccccc1. The number of nitrogens with one attached hydrogen (secondary N) is 1. The van der Waals surface area contributed by atoms with E-state index in [1.165, 1.54) is 0 Å². The van der Waals surface area contributed by atoms with Crippen molar-refractivity contribution in [3.8, 4) is 17.2 Å². The maximum absolute atomic E-state index is 13.2. The second-order valence-corrected chi connectivity index (χ2v) is 8.14. The van der Waals surface area contributed by atoms with Gasteiger partial charge in [0.1, 0.15) is 5.82 Å². The van der Waals surface area contributed by atoms with Crippen molar-refractivity contribution in [3.05, 3.63) is 94.6 Å². The summed E-state index contributed by atoms with van der Waals surface area (Å²) in [5.74, 6) is 0.561. The molecule has 0 radical (unpaired) electrons. The van der Waals surface area contributed by atoms with Gasteiger partial charge >= 0.3 is 0 Å². The van der Waals surface area contributed by atoms with Crippen molar-refractivity contribution >= 4 is 11.6 Å². The summed E-state index contributed by atoms with van der Waals surface area (Å²) in [5.41, 5.74) is 12.3. The zero-order valence-electron chi connectivity index (χ0n) is 17.8. The molecule has 1 aliphatic carbocycles. The number of hydrogen-bond donors (Lipinski definition) is 2. The maximum atomic E-state index is 13.2. The fraction of sp³-hybridized carbons (Fsp3) is 0.192. The number of allylic oxidation sites excluding steroid dienone is 3. The van der Waals surface area contributed by atoms with E-state index >= 15 is 0 Å². The first-order valence-electron chi connectivity index (χ1n) is 10.7. The molecule has 2 heterocycles. The van der Waals surface area contributed by atoms with Crippen LogP contribution in [0.25, 0.3) is 11.1 Å². The van der Waals surface area contributed by atoms with Crippen LogP contribution in [0.1, 0.15) is 36.4 Å². The van der Waals surface area contributed by atoms with Gasteiger partial charge in [0.25, 0.3) is 0 Å². The number of benzene rings is 2. The lowest BCUT2D eigenvalue weighted by atomic mass is 9.75. The van der Waals surface area contributed by atoms with Crippen molar-refractivity contribution < 1.29 is 4.79 Å². The van der Waals surface area contributed by atoms with Crippen LogP contribution in [0.2, 0.25) is 0 Å². The molecule has 0 amide bonds. The van der Waals surface area contributed by atoms with E-state index in [1.807, 2.05) is 72.5 Å². The zero-order valence-corrected chi connectivity index (χ0v) is 17.8. The highest BCUT2D eigenvalue weighted by molar-refractivity contribution is 6.01. The molecule has 1 aromatic heterocycles. The molecule has 0 bridgehead atoms. The number of hydrogen-bond acceptors (Lipinski definition) is 5. The fourth-order valence-electron chi connectivity index (χ4n) is 4.84. The molecule has 3 aromatic rings. The van der Waals surface area contributed by atoms with Crippen LogP contribution in [-0.2, 0) is 4.79 Å². The number of rotatable bonds is 3. The lowest BCUT2D eigenvalue weighted by Gasteiger charge is -2.39. The van der Waals surface area contributed by atoms with Crippen LogP contribution < -0.4 is 10.6 Å². The molecule has 0 saturated carbocycles. The maximum Gasteiger partial charge on any atom is 0.168 e. The van der Waals surface area contributed by atoms with Crippen LogP contribution in [-0.4, -0.2) is 16.0 Å². The first-order valence-corrected chi connectivity index (χ1v) is 10.7. The number of anilines is 1. The normalized spacial score (nSPS) is 18.6. The van der Waals surface area contributed by atoms with Gasteiger partial charge in [0.2, 0.25) is 0 Å². The Morgan fingerprint density at radius 2 is 1.78 bits per heavy atom. The molecule has 1 aliphatic heterocycles. The van der Waals surface area contributed by atoms with E-state index < -0.39 is 5.92 Å². The Hall–Kier alpha value is -4.11. The molecule has 6 heteroatoms. The summed E-state index contributed by atoms with van der Waals surface area (Å²) in [5, 5.41) is 17.8. The van der Waals surface area contributed by atoms with E-state index in [0.717, 1.165) is 34.5 Å². The Morgan fingerprint density at radius 3 is 2.47 bits per heavy atom. The van der Waals surface area contributed by atoms with Gasteiger partial charge in [-0.3, -0.25) is 14.8 Å². The monoisotopic (exact) mass is 421 g/mol. The van der Waals surface area contributed by atoms with Crippen LogP contribution in [0.3, 0.4) is 0 Å². The quantitative estimate of drug-likeness (QED) is 0.639. The number of ketones is 1. The summed E-state index contributed by atoms with van der Waals surface area (Å²) in [6.45, 7) is 1.96. The Balaban J connectivity index is 1.77. The summed E-state index contributed by atoms with van der Waals surface area (Å²) < 4.78 is 0. The van der Waals surface area contributed by atoms with Crippen molar-refractivity contribution in [2.45, 2.75) is 32.1 Å². The predicted molar refractivity (Wildman–Crippen MR) is 123 cm³/mol. The fourth-order valence-corrected chi connectivity index (χ4v) is 4.84. The van der Waals surface area contributed by atoms with Crippen molar-refractivity contribution in [2.24, 2.45) is 5.73 Å². The number of nitrogens with zero attached hydrogens (tertiary/aromatic N) is 3. The number of carbonyl (C=O) groups is 1. The Morgan fingerprint density at radius 1 is 1.09 bits per heavy atom. The largest absolute Gasteiger partial charge is 0.384 e. The van der Waals surface area contributed by atoms with Gasteiger partial charge < -0.3 is 5.73 Å². The third-order valence-electron chi connectivity index (χ3n) is 6.25. The smallest absolute Gasteiger partial charge is 0.168 e. The summed E-state index contributed by atoms with van der Waals surface area (Å²) in [4.78, 5) is 15.1. The molecule has 6 nitrogen and oxygen atoms in total. The molecular formula is C26H23N5O. The Labute approximate surface area is 186 Å². The Kier molecular flexibility index (Phi) is 4.87. The van der Waals surface area contributed by atoms with Gasteiger partial charge in [-0.15, -0.1) is 0 Å². The molecule has 0 fully saturated rings. The van der Waals surface area contributed by atoms with Crippen LogP contribution >= 0.6 is 0 Å². The summed E-state index contributed by atoms with van der Waals surface area (Å²) in [7, 11) is 0. The van der Waals surface area contributed by atoms with Crippen molar-refractivity contribution in [1.29, 1.82) is 5.26 Å². The van der Waals surface area contributed by atoms with E-state index in [4.69, 9.17) is 5.73 Å². The Bertz CT molecular complexity index is 1290. The molecule has 1 atom stereocenters. The van der Waals surface area contributed by atoms with E-state index in [0.29, 0.717) is 35.6 Å². The highest BCUT2D eigenvalue weighted by Gasteiger charge is 2.41. The third kappa shape index (κ3) is 3.02. The number of H-pyrrole nitrogens is 1. The molecule has 5 rings (SSSR count). The van der Waals surface area contributed by atoms with Crippen molar-refractivity contribution in [2.75, 3.05) is 4.90 Å². The average molecular weight is 422 g/mol. The predicted octanol–water partition coefficient (Wildman–Crippen LogP) is 4.69. The van der Waals surface area contributed by atoms with Gasteiger partial charge in [-0.05, 0) is 30.9 Å². The minimum Gasteiger partial charge on any atom is -0.384 e. The van der Waals surface area contributed by atoms with E-state index in [1.54, 1.807) is 0 Å². The molecule has 158 valence electrons.